The highest BCUT2D eigenvalue weighted by atomic mass is 19.3. The maximum atomic E-state index is 12.4. The lowest BCUT2D eigenvalue weighted by Gasteiger charge is -2.23. The van der Waals surface area contributed by atoms with E-state index in [4.69, 9.17) is 0 Å². The first-order valence-corrected chi connectivity index (χ1v) is 9.09. The third-order valence-corrected chi connectivity index (χ3v) is 4.49. The average Bonchev–Trinajstić information content (AvgIpc) is 2.64. The van der Waals surface area contributed by atoms with Gasteiger partial charge >= 0.3 is 12.6 Å². The molecule has 1 atom stereocenters. The third kappa shape index (κ3) is 6.83. The number of carbonyl (C=O) groups excluding carboxylic acids is 2. The third-order valence-electron chi connectivity index (χ3n) is 4.49. The number of nitrogens with zero attached hydrogens (tertiary/aromatic N) is 1. The van der Waals surface area contributed by atoms with E-state index >= 15 is 0 Å². The molecule has 2 aromatic carbocycles. The number of imide groups is 1. The van der Waals surface area contributed by atoms with Crippen LogP contribution in [0.25, 0.3) is 0 Å². The van der Waals surface area contributed by atoms with Gasteiger partial charge in [0.15, 0.2) is 0 Å². The highest BCUT2D eigenvalue weighted by molar-refractivity contribution is 6.03. The number of likely N-dealkylation sites (N-methyl/N-ethyl adjacent to an activating group) is 1. The zero-order chi connectivity index (χ0) is 21.6. The van der Waals surface area contributed by atoms with Gasteiger partial charge < -0.3 is 10.1 Å². The summed E-state index contributed by atoms with van der Waals surface area (Å²) in [4.78, 5) is 26.2. The molecule has 2 aromatic rings. The van der Waals surface area contributed by atoms with Crippen LogP contribution in [0.4, 0.5) is 19.3 Å². The van der Waals surface area contributed by atoms with Crippen molar-refractivity contribution >= 4 is 17.6 Å². The number of anilines is 1. The normalized spacial score (nSPS) is 12.0. The van der Waals surface area contributed by atoms with Gasteiger partial charge in [0.25, 0.3) is 0 Å². The Morgan fingerprint density at radius 2 is 1.76 bits per heavy atom. The average molecular weight is 405 g/mol. The molecule has 1 unspecified atom stereocenters. The molecule has 3 amide bonds. The lowest BCUT2D eigenvalue weighted by Crippen LogP contribution is -2.46. The second-order valence-electron chi connectivity index (χ2n) is 6.88. The van der Waals surface area contributed by atoms with Crippen molar-refractivity contribution in [1.82, 2.24) is 10.2 Å². The molecule has 0 spiro atoms. The Bertz CT molecular complexity index is 857. The Kier molecular flexibility index (Phi) is 7.67. The second kappa shape index (κ2) is 9.97. The zero-order valence-electron chi connectivity index (χ0n) is 16.8. The van der Waals surface area contributed by atoms with E-state index in [2.05, 4.69) is 15.4 Å². The van der Waals surface area contributed by atoms with E-state index in [-0.39, 0.29) is 5.75 Å². The maximum absolute atomic E-state index is 12.4. The van der Waals surface area contributed by atoms with Gasteiger partial charge in [-0.25, -0.2) is 4.79 Å². The van der Waals surface area contributed by atoms with Crippen LogP contribution in [-0.2, 0) is 11.3 Å². The van der Waals surface area contributed by atoms with E-state index in [9.17, 15) is 18.4 Å². The number of amides is 3. The maximum Gasteiger partial charge on any atom is 0.387 e. The number of hydrogen-bond acceptors (Lipinski definition) is 4. The molecule has 0 radical (unpaired) electrons. The van der Waals surface area contributed by atoms with Gasteiger partial charge in [-0.05, 0) is 57.1 Å². The predicted molar refractivity (Wildman–Crippen MR) is 107 cm³/mol. The Morgan fingerprint density at radius 3 is 2.34 bits per heavy atom. The van der Waals surface area contributed by atoms with Crippen molar-refractivity contribution < 1.29 is 23.1 Å². The van der Waals surface area contributed by atoms with Crippen molar-refractivity contribution in [2.75, 3.05) is 12.4 Å². The quantitative estimate of drug-likeness (QED) is 0.728. The molecular formula is C21H25F2N3O3. The minimum Gasteiger partial charge on any atom is -0.435 e. The Hall–Kier alpha value is -3.00. The van der Waals surface area contributed by atoms with Crippen molar-refractivity contribution in [3.8, 4) is 5.75 Å². The molecule has 0 heterocycles. The summed E-state index contributed by atoms with van der Waals surface area (Å²) in [5.41, 5.74) is 3.42. The number of hydrogen-bond donors (Lipinski definition) is 2. The first-order chi connectivity index (χ1) is 13.7. The van der Waals surface area contributed by atoms with E-state index in [0.29, 0.717) is 12.2 Å². The summed E-state index contributed by atoms with van der Waals surface area (Å²) >= 11 is 0. The molecule has 0 saturated heterocycles. The molecule has 0 bridgehead atoms. The minimum atomic E-state index is -2.87. The van der Waals surface area contributed by atoms with Crippen molar-refractivity contribution in [3.05, 3.63) is 59.2 Å². The molecule has 29 heavy (non-hydrogen) atoms. The molecule has 156 valence electrons. The Morgan fingerprint density at radius 1 is 1.10 bits per heavy atom. The van der Waals surface area contributed by atoms with Gasteiger partial charge in [0.1, 0.15) is 5.75 Å². The molecule has 0 aliphatic rings. The standard InChI is InChI=1S/C21H25F2N3O3/c1-13-5-10-18(14(2)11-13)24-21(28)25-19(27)15(3)26(4)12-16-6-8-17(9-7-16)29-20(22)23/h5-11,15,20H,12H2,1-4H3,(H2,24,25,27,28). The van der Waals surface area contributed by atoms with Gasteiger partial charge in [0.2, 0.25) is 5.91 Å². The molecule has 2 N–H and O–H groups in total. The SMILES string of the molecule is Cc1ccc(NC(=O)NC(=O)C(C)N(C)Cc2ccc(OC(F)F)cc2)c(C)c1. The fourth-order valence-corrected chi connectivity index (χ4v) is 2.73. The topological polar surface area (TPSA) is 70.7 Å². The number of carbonyl (C=O) groups is 2. The van der Waals surface area contributed by atoms with Crippen LogP contribution in [0.3, 0.4) is 0 Å². The van der Waals surface area contributed by atoms with E-state index in [1.165, 1.54) is 12.1 Å². The number of aryl methyl sites for hydroxylation is 2. The molecule has 0 saturated carbocycles. The molecule has 6 nitrogen and oxygen atoms in total. The van der Waals surface area contributed by atoms with Crippen LogP contribution >= 0.6 is 0 Å². The summed E-state index contributed by atoms with van der Waals surface area (Å²) in [5.74, 6) is -0.382. The first-order valence-electron chi connectivity index (χ1n) is 9.09. The predicted octanol–water partition coefficient (Wildman–Crippen LogP) is 4.07. The van der Waals surface area contributed by atoms with Crippen LogP contribution in [0.15, 0.2) is 42.5 Å². The number of nitrogens with one attached hydrogen (secondary N) is 2. The van der Waals surface area contributed by atoms with E-state index in [0.717, 1.165) is 16.7 Å². The van der Waals surface area contributed by atoms with Gasteiger partial charge in [-0.3, -0.25) is 15.0 Å². The number of alkyl halides is 2. The Balaban J connectivity index is 1.88. The molecule has 2 rings (SSSR count). The highest BCUT2D eigenvalue weighted by Crippen LogP contribution is 2.17. The van der Waals surface area contributed by atoms with Crippen molar-refractivity contribution in [1.29, 1.82) is 0 Å². The number of benzene rings is 2. The lowest BCUT2D eigenvalue weighted by atomic mass is 10.1. The zero-order valence-corrected chi connectivity index (χ0v) is 16.8. The van der Waals surface area contributed by atoms with E-state index in [1.807, 2.05) is 26.0 Å². The molecule has 0 fully saturated rings. The van der Waals surface area contributed by atoms with Crippen LogP contribution < -0.4 is 15.4 Å². The summed E-state index contributed by atoms with van der Waals surface area (Å²) < 4.78 is 28.7. The van der Waals surface area contributed by atoms with Gasteiger partial charge in [-0.15, -0.1) is 0 Å². The fourth-order valence-electron chi connectivity index (χ4n) is 2.73. The van der Waals surface area contributed by atoms with Crippen LogP contribution in [0, 0.1) is 13.8 Å². The van der Waals surface area contributed by atoms with Gasteiger partial charge in [0.05, 0.1) is 6.04 Å². The van der Waals surface area contributed by atoms with Crippen LogP contribution in [-0.4, -0.2) is 36.5 Å². The van der Waals surface area contributed by atoms with Crippen molar-refractivity contribution in [3.63, 3.8) is 0 Å². The summed E-state index contributed by atoms with van der Waals surface area (Å²) in [5, 5.41) is 5.00. The largest absolute Gasteiger partial charge is 0.435 e. The molecule has 0 aliphatic carbocycles. The Labute approximate surface area is 168 Å². The lowest BCUT2D eigenvalue weighted by molar-refractivity contribution is -0.124. The molecule has 0 aromatic heterocycles. The first kappa shape index (κ1) is 22.3. The molecule has 8 heteroatoms. The van der Waals surface area contributed by atoms with Gasteiger partial charge in [-0.1, -0.05) is 29.8 Å². The number of halogens is 2. The van der Waals surface area contributed by atoms with Gasteiger partial charge in [0, 0.05) is 12.2 Å². The van der Waals surface area contributed by atoms with Crippen LogP contribution in [0.2, 0.25) is 0 Å². The van der Waals surface area contributed by atoms with Crippen LogP contribution in [0.1, 0.15) is 23.6 Å². The summed E-state index contributed by atoms with van der Waals surface area (Å²) in [6, 6.07) is 10.6. The number of ether oxygens (including phenoxy) is 1. The highest BCUT2D eigenvalue weighted by Gasteiger charge is 2.20. The van der Waals surface area contributed by atoms with Crippen molar-refractivity contribution in [2.45, 2.75) is 40.0 Å². The number of urea groups is 1. The smallest absolute Gasteiger partial charge is 0.387 e. The van der Waals surface area contributed by atoms with Crippen molar-refractivity contribution in [2.24, 2.45) is 0 Å². The summed E-state index contributed by atoms with van der Waals surface area (Å²) in [6.45, 7) is 3.02. The fraction of sp³-hybridized carbons (Fsp3) is 0.333. The monoisotopic (exact) mass is 405 g/mol. The minimum absolute atomic E-state index is 0.0697. The number of rotatable bonds is 7. The summed E-state index contributed by atoms with van der Waals surface area (Å²) in [6.07, 6.45) is 0. The van der Waals surface area contributed by atoms with E-state index in [1.54, 1.807) is 37.1 Å². The molecular weight excluding hydrogens is 380 g/mol. The van der Waals surface area contributed by atoms with Gasteiger partial charge in [-0.2, -0.15) is 8.78 Å². The van der Waals surface area contributed by atoms with E-state index < -0.39 is 24.6 Å². The molecule has 0 aliphatic heterocycles. The second-order valence-corrected chi connectivity index (χ2v) is 6.88. The summed E-state index contributed by atoms with van der Waals surface area (Å²) in [7, 11) is 1.73. The van der Waals surface area contributed by atoms with Crippen LogP contribution in [0.5, 0.6) is 5.75 Å².